The second kappa shape index (κ2) is 6.99. The predicted molar refractivity (Wildman–Crippen MR) is 101 cm³/mol. The van der Waals surface area contributed by atoms with Crippen molar-refractivity contribution >= 4 is 6.09 Å². The summed E-state index contributed by atoms with van der Waals surface area (Å²) in [7, 11) is 0. The third-order valence-corrected chi connectivity index (χ3v) is 5.23. The molecule has 1 aromatic carbocycles. The maximum absolute atomic E-state index is 12.9. The molecule has 4 nitrogen and oxygen atoms in total. The van der Waals surface area contributed by atoms with E-state index in [0.29, 0.717) is 5.92 Å². The van der Waals surface area contributed by atoms with Gasteiger partial charge in [-0.05, 0) is 52.1 Å². The van der Waals surface area contributed by atoms with Gasteiger partial charge in [-0.25, -0.2) is 4.79 Å². The molecule has 0 saturated heterocycles. The van der Waals surface area contributed by atoms with E-state index in [4.69, 9.17) is 4.74 Å². The molecule has 1 N–H and O–H groups in total. The van der Waals surface area contributed by atoms with Crippen LogP contribution in [-0.2, 0) is 4.74 Å². The van der Waals surface area contributed by atoms with Crippen molar-refractivity contribution in [1.82, 2.24) is 10.2 Å². The summed E-state index contributed by atoms with van der Waals surface area (Å²) < 4.78 is 5.73. The van der Waals surface area contributed by atoms with E-state index in [1.54, 1.807) is 0 Å². The molecule has 2 aliphatic rings. The minimum absolute atomic E-state index is 0.154. The van der Waals surface area contributed by atoms with Crippen molar-refractivity contribution in [2.75, 3.05) is 19.6 Å². The van der Waals surface area contributed by atoms with Gasteiger partial charge in [-0.3, -0.25) is 0 Å². The lowest BCUT2D eigenvalue weighted by atomic mass is 10.1. The lowest BCUT2D eigenvalue weighted by molar-refractivity contribution is 0.0188. The van der Waals surface area contributed by atoms with E-state index < -0.39 is 5.60 Å². The first kappa shape index (κ1) is 18.2. The van der Waals surface area contributed by atoms with Gasteiger partial charge in [0.05, 0.1) is 0 Å². The van der Waals surface area contributed by atoms with Crippen LogP contribution in [0.2, 0.25) is 0 Å². The van der Waals surface area contributed by atoms with Crippen molar-refractivity contribution in [3.63, 3.8) is 0 Å². The van der Waals surface area contributed by atoms with E-state index in [1.807, 2.05) is 31.7 Å². The minimum atomic E-state index is -0.454. The standard InChI is InChI=1S/C21H32N2O2/c1-5-22-14-21(11-12-21)15-23(19(24)25-20(2,3)4)18-13-17(18)16-9-7-6-8-10-16/h6-10,17-18,22H,5,11-15H2,1-4H3/t17-,18+/m1/s1. The van der Waals surface area contributed by atoms with Crippen LogP contribution in [0.15, 0.2) is 30.3 Å². The van der Waals surface area contributed by atoms with Crippen LogP contribution in [0.4, 0.5) is 4.79 Å². The SMILES string of the molecule is CCNCC1(CN(C(=O)OC(C)(C)C)[C@H]2C[C@@H]2c2ccccc2)CC1. The number of nitrogens with one attached hydrogen (secondary N) is 1. The fourth-order valence-electron chi connectivity index (χ4n) is 3.54. The Bertz CT molecular complexity index is 590. The number of nitrogens with zero attached hydrogens (tertiary/aromatic N) is 1. The summed E-state index contributed by atoms with van der Waals surface area (Å²) in [6.45, 7) is 10.7. The molecule has 2 aliphatic carbocycles. The molecule has 1 amide bonds. The largest absolute Gasteiger partial charge is 0.444 e. The molecule has 2 fully saturated rings. The molecule has 1 aromatic rings. The molecular formula is C21H32N2O2. The number of benzene rings is 1. The first-order chi connectivity index (χ1) is 11.8. The highest BCUT2D eigenvalue weighted by atomic mass is 16.6. The topological polar surface area (TPSA) is 41.6 Å². The van der Waals surface area contributed by atoms with Crippen molar-refractivity contribution in [2.45, 2.75) is 64.5 Å². The molecule has 0 bridgehead atoms. The zero-order valence-corrected chi connectivity index (χ0v) is 16.0. The molecule has 0 heterocycles. The number of ether oxygens (including phenoxy) is 1. The number of hydrogen-bond donors (Lipinski definition) is 1. The van der Waals surface area contributed by atoms with E-state index in [1.165, 1.54) is 18.4 Å². The predicted octanol–water partition coefficient (Wildman–Crippen LogP) is 4.17. The number of carbonyl (C=O) groups excluding carboxylic acids is 1. The molecule has 3 rings (SSSR count). The summed E-state index contributed by atoms with van der Waals surface area (Å²) in [5.41, 5.74) is 1.12. The quantitative estimate of drug-likeness (QED) is 0.807. The van der Waals surface area contributed by atoms with Gasteiger partial charge in [0.25, 0.3) is 0 Å². The summed E-state index contributed by atoms with van der Waals surface area (Å²) in [4.78, 5) is 14.9. The average Bonchev–Trinajstić information content (AvgIpc) is 3.45. The molecule has 25 heavy (non-hydrogen) atoms. The molecule has 4 heteroatoms. The minimum Gasteiger partial charge on any atom is -0.444 e. The normalized spacial score (nSPS) is 23.8. The third kappa shape index (κ3) is 4.75. The van der Waals surface area contributed by atoms with Crippen molar-refractivity contribution in [1.29, 1.82) is 0 Å². The van der Waals surface area contributed by atoms with Crippen molar-refractivity contribution in [3.8, 4) is 0 Å². The van der Waals surface area contributed by atoms with Crippen LogP contribution in [0.25, 0.3) is 0 Å². The highest BCUT2D eigenvalue weighted by Crippen LogP contribution is 2.50. The van der Waals surface area contributed by atoms with Crippen LogP contribution in [0.3, 0.4) is 0 Å². The second-order valence-electron chi connectivity index (χ2n) is 8.71. The van der Waals surface area contributed by atoms with E-state index in [9.17, 15) is 4.79 Å². The van der Waals surface area contributed by atoms with Gasteiger partial charge in [0.15, 0.2) is 0 Å². The Hall–Kier alpha value is -1.55. The van der Waals surface area contributed by atoms with Gasteiger partial charge in [0, 0.05) is 30.5 Å². The van der Waals surface area contributed by atoms with Crippen LogP contribution in [-0.4, -0.2) is 42.3 Å². The van der Waals surface area contributed by atoms with Gasteiger partial charge < -0.3 is 15.0 Å². The Morgan fingerprint density at radius 1 is 1.28 bits per heavy atom. The van der Waals surface area contributed by atoms with E-state index in [2.05, 4.69) is 36.5 Å². The molecular weight excluding hydrogens is 312 g/mol. The lowest BCUT2D eigenvalue weighted by Gasteiger charge is -2.31. The number of amides is 1. The second-order valence-corrected chi connectivity index (χ2v) is 8.71. The summed E-state index contributed by atoms with van der Waals surface area (Å²) >= 11 is 0. The summed E-state index contributed by atoms with van der Waals surface area (Å²) in [6, 6.07) is 10.8. The molecule has 0 spiro atoms. The van der Waals surface area contributed by atoms with Gasteiger partial charge in [-0.15, -0.1) is 0 Å². The molecule has 0 unspecified atom stereocenters. The first-order valence-corrected chi connectivity index (χ1v) is 9.59. The Morgan fingerprint density at radius 2 is 1.96 bits per heavy atom. The molecule has 138 valence electrons. The zero-order valence-electron chi connectivity index (χ0n) is 16.0. The number of rotatable bonds is 7. The van der Waals surface area contributed by atoms with Gasteiger partial charge in [-0.2, -0.15) is 0 Å². The zero-order chi connectivity index (χ0) is 18.1. The maximum Gasteiger partial charge on any atom is 0.410 e. The average molecular weight is 344 g/mol. The van der Waals surface area contributed by atoms with Crippen LogP contribution >= 0.6 is 0 Å². The van der Waals surface area contributed by atoms with Gasteiger partial charge in [0.1, 0.15) is 5.60 Å². The van der Waals surface area contributed by atoms with Crippen molar-refractivity contribution in [2.24, 2.45) is 5.41 Å². The molecule has 0 aliphatic heterocycles. The van der Waals surface area contributed by atoms with E-state index in [0.717, 1.165) is 26.1 Å². The van der Waals surface area contributed by atoms with Gasteiger partial charge >= 0.3 is 6.09 Å². The van der Waals surface area contributed by atoms with Gasteiger partial charge in [-0.1, -0.05) is 37.3 Å². The van der Waals surface area contributed by atoms with Crippen molar-refractivity contribution < 1.29 is 9.53 Å². The summed E-state index contributed by atoms with van der Waals surface area (Å²) in [6.07, 6.45) is 3.28. The highest BCUT2D eigenvalue weighted by molar-refractivity contribution is 5.69. The molecule has 0 aromatic heterocycles. The van der Waals surface area contributed by atoms with Crippen LogP contribution < -0.4 is 5.32 Å². The molecule has 2 atom stereocenters. The first-order valence-electron chi connectivity index (χ1n) is 9.59. The summed E-state index contributed by atoms with van der Waals surface area (Å²) in [5, 5.41) is 3.47. The number of carbonyl (C=O) groups is 1. The third-order valence-electron chi connectivity index (χ3n) is 5.23. The smallest absolute Gasteiger partial charge is 0.410 e. The van der Waals surface area contributed by atoms with E-state index >= 15 is 0 Å². The molecule has 0 radical (unpaired) electrons. The fraction of sp³-hybridized carbons (Fsp3) is 0.667. The maximum atomic E-state index is 12.9. The Labute approximate surface area is 151 Å². The monoisotopic (exact) mass is 344 g/mol. The van der Waals surface area contributed by atoms with Crippen molar-refractivity contribution in [3.05, 3.63) is 35.9 Å². The Balaban J connectivity index is 1.71. The number of hydrogen-bond acceptors (Lipinski definition) is 3. The lowest BCUT2D eigenvalue weighted by Crippen LogP contribution is -2.44. The van der Waals surface area contributed by atoms with Crippen LogP contribution in [0, 0.1) is 5.41 Å². The Kier molecular flexibility index (Phi) is 5.10. The highest BCUT2D eigenvalue weighted by Gasteiger charge is 2.51. The van der Waals surface area contributed by atoms with E-state index in [-0.39, 0.29) is 17.6 Å². The van der Waals surface area contributed by atoms with Crippen LogP contribution in [0.1, 0.15) is 58.4 Å². The van der Waals surface area contributed by atoms with Gasteiger partial charge in [0.2, 0.25) is 0 Å². The molecule has 2 saturated carbocycles. The van der Waals surface area contributed by atoms with Crippen LogP contribution in [0.5, 0.6) is 0 Å². The fourth-order valence-corrected chi connectivity index (χ4v) is 3.54. The summed E-state index contributed by atoms with van der Waals surface area (Å²) in [5.74, 6) is 0.448. The Morgan fingerprint density at radius 3 is 2.52 bits per heavy atom.